The summed E-state index contributed by atoms with van der Waals surface area (Å²) in [5.41, 5.74) is 0.438. The third-order valence-corrected chi connectivity index (χ3v) is 4.54. The molecule has 0 aliphatic heterocycles. The molecular weight excluding hydrogens is 240 g/mol. The molecule has 0 aromatic rings. The number of hydrogen-bond acceptors (Lipinski definition) is 1. The Labute approximate surface area is 95.8 Å². The van der Waals surface area contributed by atoms with Crippen LogP contribution in [0.15, 0.2) is 0 Å². The first-order valence-electron chi connectivity index (χ1n) is 5.54. The Hall–Kier alpha value is 0.150. The Bertz CT molecular complexity index is 187. The van der Waals surface area contributed by atoms with Crippen LogP contribution in [0.25, 0.3) is 0 Å². The molecule has 1 aliphatic rings. The van der Waals surface area contributed by atoms with E-state index in [1.54, 1.807) is 0 Å². The van der Waals surface area contributed by atoms with Crippen molar-refractivity contribution in [3.8, 4) is 0 Å². The summed E-state index contributed by atoms with van der Waals surface area (Å²) in [6.45, 7) is 6.97. The van der Waals surface area contributed by atoms with Gasteiger partial charge in [-0.1, -0.05) is 36.7 Å². The molecule has 1 nitrogen and oxygen atoms in total. The number of aldehydes is 1. The number of hydrogen-bond donors (Lipinski definition) is 0. The average molecular weight is 261 g/mol. The van der Waals surface area contributed by atoms with Gasteiger partial charge in [0.15, 0.2) is 0 Å². The van der Waals surface area contributed by atoms with Crippen molar-refractivity contribution in [2.45, 2.75) is 51.3 Å². The van der Waals surface area contributed by atoms with Crippen LogP contribution in [0.4, 0.5) is 0 Å². The maximum atomic E-state index is 10.6. The number of rotatable bonds is 2. The summed E-state index contributed by atoms with van der Waals surface area (Å²) in [5.74, 6) is 1.41. The van der Waals surface area contributed by atoms with Crippen molar-refractivity contribution in [3.05, 3.63) is 0 Å². The number of halogens is 1. The summed E-state index contributed by atoms with van der Waals surface area (Å²) in [5, 5.41) is 0. The van der Waals surface area contributed by atoms with E-state index in [1.807, 2.05) is 0 Å². The van der Waals surface area contributed by atoms with Gasteiger partial charge in [-0.15, -0.1) is 0 Å². The molecule has 1 saturated carbocycles. The van der Waals surface area contributed by atoms with E-state index in [0.717, 1.165) is 12.2 Å². The van der Waals surface area contributed by atoms with Crippen molar-refractivity contribution >= 4 is 22.2 Å². The zero-order valence-electron chi connectivity index (χ0n) is 9.42. The molecule has 0 heterocycles. The molecule has 1 unspecified atom stereocenters. The van der Waals surface area contributed by atoms with Crippen LogP contribution in [0.2, 0.25) is 0 Å². The molecule has 2 heteroatoms. The van der Waals surface area contributed by atoms with Crippen molar-refractivity contribution in [2.75, 3.05) is 0 Å². The summed E-state index contributed by atoms with van der Waals surface area (Å²) in [7, 11) is 0. The lowest BCUT2D eigenvalue weighted by Crippen LogP contribution is -2.29. The second-order valence-corrected chi connectivity index (χ2v) is 6.62. The van der Waals surface area contributed by atoms with Gasteiger partial charge in [0, 0.05) is 0 Å². The predicted molar refractivity (Wildman–Crippen MR) is 63.7 cm³/mol. The van der Waals surface area contributed by atoms with Crippen LogP contribution in [0, 0.1) is 17.3 Å². The van der Waals surface area contributed by atoms with E-state index in [1.165, 1.54) is 25.7 Å². The highest BCUT2D eigenvalue weighted by molar-refractivity contribution is 9.09. The molecule has 0 N–H and O–H groups in total. The highest BCUT2D eigenvalue weighted by Crippen LogP contribution is 2.41. The van der Waals surface area contributed by atoms with Crippen LogP contribution < -0.4 is 0 Å². The van der Waals surface area contributed by atoms with E-state index in [9.17, 15) is 4.79 Å². The fourth-order valence-corrected chi connectivity index (χ4v) is 2.94. The van der Waals surface area contributed by atoms with Crippen LogP contribution in [-0.2, 0) is 4.79 Å². The molecule has 1 aliphatic carbocycles. The van der Waals surface area contributed by atoms with Crippen molar-refractivity contribution in [1.29, 1.82) is 0 Å². The molecule has 1 fully saturated rings. The summed E-state index contributed by atoms with van der Waals surface area (Å²) >= 11 is 3.44. The Morgan fingerprint density at radius 3 is 2.07 bits per heavy atom. The molecule has 82 valence electrons. The minimum Gasteiger partial charge on any atom is -0.302 e. The molecule has 0 aromatic carbocycles. The van der Waals surface area contributed by atoms with Gasteiger partial charge in [0.25, 0.3) is 0 Å². The van der Waals surface area contributed by atoms with Gasteiger partial charge in [0.1, 0.15) is 6.29 Å². The molecule has 0 aromatic heterocycles. The predicted octanol–water partition coefficient (Wildman–Crippen LogP) is 3.80. The van der Waals surface area contributed by atoms with E-state index in [0.29, 0.717) is 11.3 Å². The van der Waals surface area contributed by atoms with E-state index in [2.05, 4.69) is 36.7 Å². The first-order chi connectivity index (χ1) is 6.45. The van der Waals surface area contributed by atoms with Gasteiger partial charge in [0.05, 0.1) is 4.83 Å². The minimum absolute atomic E-state index is 0.0865. The van der Waals surface area contributed by atoms with Crippen molar-refractivity contribution in [2.24, 2.45) is 17.3 Å². The number of alkyl halides is 1. The summed E-state index contributed by atoms with van der Waals surface area (Å²) in [6, 6.07) is 0. The van der Waals surface area contributed by atoms with Crippen LogP contribution in [0.5, 0.6) is 0 Å². The maximum Gasteiger partial charge on any atom is 0.133 e. The molecule has 1 atom stereocenters. The first-order valence-corrected chi connectivity index (χ1v) is 6.46. The van der Waals surface area contributed by atoms with E-state index in [-0.39, 0.29) is 4.83 Å². The van der Waals surface area contributed by atoms with E-state index < -0.39 is 0 Å². The Morgan fingerprint density at radius 2 is 1.71 bits per heavy atom. The van der Waals surface area contributed by atoms with Gasteiger partial charge in [-0.3, -0.25) is 0 Å². The largest absolute Gasteiger partial charge is 0.302 e. The van der Waals surface area contributed by atoms with Gasteiger partial charge in [0.2, 0.25) is 0 Å². The van der Waals surface area contributed by atoms with Gasteiger partial charge in [-0.25, -0.2) is 0 Å². The third-order valence-electron chi connectivity index (χ3n) is 3.58. The molecule has 14 heavy (non-hydrogen) atoms. The lowest BCUT2D eigenvalue weighted by atomic mass is 9.69. The molecule has 0 saturated heterocycles. The summed E-state index contributed by atoms with van der Waals surface area (Å²) in [6.07, 6.45) is 6.02. The monoisotopic (exact) mass is 260 g/mol. The SMILES string of the molecule is CC(C)(C)C1CCC(C(Br)C=O)CC1. The number of carbonyl (C=O) groups is 1. The molecular formula is C12H21BrO. The van der Waals surface area contributed by atoms with Gasteiger partial charge in [-0.2, -0.15) is 0 Å². The second-order valence-electron chi connectivity index (χ2n) is 5.56. The smallest absolute Gasteiger partial charge is 0.133 e. The summed E-state index contributed by atoms with van der Waals surface area (Å²) in [4.78, 5) is 10.7. The Morgan fingerprint density at radius 1 is 1.21 bits per heavy atom. The zero-order valence-corrected chi connectivity index (χ0v) is 11.0. The Balaban J connectivity index is 2.42. The van der Waals surface area contributed by atoms with Crippen LogP contribution in [0.1, 0.15) is 46.5 Å². The standard InChI is InChI=1S/C12H21BrO/c1-12(2,3)10-6-4-9(5-7-10)11(13)8-14/h8-11H,4-7H2,1-3H3. The van der Waals surface area contributed by atoms with E-state index in [4.69, 9.17) is 0 Å². The van der Waals surface area contributed by atoms with Gasteiger partial charge in [-0.05, 0) is 42.9 Å². The maximum absolute atomic E-state index is 10.6. The molecule has 0 spiro atoms. The fraction of sp³-hybridized carbons (Fsp3) is 0.917. The van der Waals surface area contributed by atoms with Crippen LogP contribution >= 0.6 is 15.9 Å². The lowest BCUT2D eigenvalue weighted by molar-refractivity contribution is -0.108. The highest BCUT2D eigenvalue weighted by Gasteiger charge is 2.31. The fourth-order valence-electron chi connectivity index (χ4n) is 2.41. The van der Waals surface area contributed by atoms with Crippen molar-refractivity contribution in [3.63, 3.8) is 0 Å². The molecule has 0 bridgehead atoms. The molecule has 1 rings (SSSR count). The minimum atomic E-state index is 0.0865. The topological polar surface area (TPSA) is 17.1 Å². The molecule has 0 amide bonds. The van der Waals surface area contributed by atoms with Crippen molar-refractivity contribution < 1.29 is 4.79 Å². The van der Waals surface area contributed by atoms with Crippen LogP contribution in [0.3, 0.4) is 0 Å². The number of carbonyl (C=O) groups excluding carboxylic acids is 1. The van der Waals surface area contributed by atoms with E-state index >= 15 is 0 Å². The Kier molecular flexibility index (Phi) is 4.17. The van der Waals surface area contributed by atoms with Crippen LogP contribution in [-0.4, -0.2) is 11.1 Å². The van der Waals surface area contributed by atoms with Crippen molar-refractivity contribution in [1.82, 2.24) is 0 Å². The average Bonchev–Trinajstić information content (AvgIpc) is 2.15. The summed E-state index contributed by atoms with van der Waals surface area (Å²) < 4.78 is 0. The van der Waals surface area contributed by atoms with Gasteiger partial charge < -0.3 is 4.79 Å². The second kappa shape index (κ2) is 4.78. The van der Waals surface area contributed by atoms with Gasteiger partial charge >= 0.3 is 0 Å². The quantitative estimate of drug-likeness (QED) is 0.545. The lowest BCUT2D eigenvalue weighted by Gasteiger charge is -2.37. The zero-order chi connectivity index (χ0) is 10.8. The molecule has 0 radical (unpaired) electrons. The highest BCUT2D eigenvalue weighted by atomic mass is 79.9. The third kappa shape index (κ3) is 3.08. The normalized spacial score (nSPS) is 31.1. The first kappa shape index (κ1) is 12.2.